The summed E-state index contributed by atoms with van der Waals surface area (Å²) in [5.41, 5.74) is 0.00486. The molecule has 0 aromatic rings. The molecule has 20 heavy (non-hydrogen) atoms. The van der Waals surface area contributed by atoms with Gasteiger partial charge in [0.25, 0.3) is 6.43 Å². The fourth-order valence-corrected chi connectivity index (χ4v) is 2.89. The van der Waals surface area contributed by atoms with Gasteiger partial charge in [0.2, 0.25) is 0 Å². The fraction of sp³-hybridized carbons (Fsp3) is 1.00. The van der Waals surface area contributed by atoms with Crippen LogP contribution < -0.4 is 5.32 Å². The van der Waals surface area contributed by atoms with Crippen molar-refractivity contribution < 1.29 is 18.6 Å². The van der Waals surface area contributed by atoms with Gasteiger partial charge in [-0.1, -0.05) is 0 Å². The Balaban J connectivity index is 1.92. The standard InChI is InChI=1S/C14H26F2N2O2/c15-13(16)9-18(5-6-19)11-14(3-7-20-8-4-14)10-17-12-1-2-12/h12-13,17,19H,1-11H2. The van der Waals surface area contributed by atoms with Crippen molar-refractivity contribution in [3.05, 3.63) is 0 Å². The van der Waals surface area contributed by atoms with Crippen LogP contribution in [-0.2, 0) is 4.74 Å². The number of rotatable bonds is 9. The highest BCUT2D eigenvalue weighted by atomic mass is 19.3. The minimum absolute atomic E-state index is 0.00486. The molecule has 1 aliphatic carbocycles. The van der Waals surface area contributed by atoms with Gasteiger partial charge in [0.15, 0.2) is 0 Å². The van der Waals surface area contributed by atoms with Crippen LogP contribution in [0, 0.1) is 5.41 Å². The molecule has 0 aromatic heterocycles. The molecular weight excluding hydrogens is 266 g/mol. The number of ether oxygens (including phenoxy) is 1. The van der Waals surface area contributed by atoms with Crippen LogP contribution in [0.1, 0.15) is 25.7 Å². The lowest BCUT2D eigenvalue weighted by Crippen LogP contribution is -2.49. The van der Waals surface area contributed by atoms with E-state index in [1.165, 1.54) is 12.8 Å². The first kappa shape index (κ1) is 16.1. The smallest absolute Gasteiger partial charge is 0.251 e. The highest BCUT2D eigenvalue weighted by Crippen LogP contribution is 2.32. The topological polar surface area (TPSA) is 44.7 Å². The molecule has 2 fully saturated rings. The van der Waals surface area contributed by atoms with Crippen LogP contribution in [0.2, 0.25) is 0 Å². The molecule has 0 amide bonds. The lowest BCUT2D eigenvalue weighted by molar-refractivity contribution is -0.0174. The summed E-state index contributed by atoms with van der Waals surface area (Å²) in [5.74, 6) is 0. The third-order valence-electron chi connectivity index (χ3n) is 4.27. The third kappa shape index (κ3) is 5.24. The Kier molecular flexibility index (Phi) is 6.14. The van der Waals surface area contributed by atoms with Gasteiger partial charge < -0.3 is 15.2 Å². The average Bonchev–Trinajstić information content (AvgIpc) is 3.21. The monoisotopic (exact) mass is 292 g/mol. The van der Waals surface area contributed by atoms with Gasteiger partial charge in [-0.25, -0.2) is 8.78 Å². The summed E-state index contributed by atoms with van der Waals surface area (Å²) in [5, 5.41) is 12.6. The van der Waals surface area contributed by atoms with Gasteiger partial charge in [-0.05, 0) is 31.1 Å². The lowest BCUT2D eigenvalue weighted by atomic mass is 9.79. The molecule has 1 heterocycles. The first-order chi connectivity index (χ1) is 9.63. The van der Waals surface area contributed by atoms with E-state index in [1.54, 1.807) is 4.90 Å². The van der Waals surface area contributed by atoms with Crippen molar-refractivity contribution in [1.29, 1.82) is 0 Å². The summed E-state index contributed by atoms with van der Waals surface area (Å²) < 4.78 is 30.7. The van der Waals surface area contributed by atoms with E-state index in [2.05, 4.69) is 5.32 Å². The van der Waals surface area contributed by atoms with E-state index in [1.807, 2.05) is 0 Å². The molecule has 1 saturated heterocycles. The van der Waals surface area contributed by atoms with Gasteiger partial charge in [0, 0.05) is 38.9 Å². The zero-order valence-electron chi connectivity index (χ0n) is 12.0. The first-order valence-electron chi connectivity index (χ1n) is 7.56. The summed E-state index contributed by atoms with van der Waals surface area (Å²) >= 11 is 0. The number of hydrogen-bond donors (Lipinski definition) is 2. The quantitative estimate of drug-likeness (QED) is 0.668. The summed E-state index contributed by atoms with van der Waals surface area (Å²) in [6.07, 6.45) is 1.90. The number of nitrogens with one attached hydrogen (secondary N) is 1. The molecular formula is C14H26F2N2O2. The first-order valence-corrected chi connectivity index (χ1v) is 7.56. The van der Waals surface area contributed by atoms with Crippen molar-refractivity contribution in [3.8, 4) is 0 Å². The molecule has 2 aliphatic rings. The molecule has 0 bridgehead atoms. The largest absolute Gasteiger partial charge is 0.395 e. The zero-order valence-corrected chi connectivity index (χ0v) is 12.0. The molecule has 0 atom stereocenters. The maximum absolute atomic E-state index is 12.6. The van der Waals surface area contributed by atoms with Crippen LogP contribution in [0.5, 0.6) is 0 Å². The Bertz CT molecular complexity index is 282. The molecule has 118 valence electrons. The van der Waals surface area contributed by atoms with Crippen molar-refractivity contribution in [2.24, 2.45) is 5.41 Å². The number of aliphatic hydroxyl groups excluding tert-OH is 1. The van der Waals surface area contributed by atoms with E-state index in [9.17, 15) is 8.78 Å². The molecule has 2 rings (SSSR count). The van der Waals surface area contributed by atoms with Crippen molar-refractivity contribution in [2.75, 3.05) is 46.0 Å². The Morgan fingerprint density at radius 3 is 2.55 bits per heavy atom. The van der Waals surface area contributed by atoms with E-state index in [4.69, 9.17) is 9.84 Å². The third-order valence-corrected chi connectivity index (χ3v) is 4.27. The van der Waals surface area contributed by atoms with Crippen LogP contribution in [0.4, 0.5) is 8.78 Å². The van der Waals surface area contributed by atoms with Gasteiger partial charge in [-0.15, -0.1) is 0 Å². The Labute approximate surface area is 119 Å². The summed E-state index contributed by atoms with van der Waals surface area (Å²) in [6.45, 7) is 2.87. The Hall–Kier alpha value is -0.300. The van der Waals surface area contributed by atoms with Gasteiger partial charge >= 0.3 is 0 Å². The second-order valence-corrected chi connectivity index (χ2v) is 6.12. The Morgan fingerprint density at radius 2 is 2.00 bits per heavy atom. The molecule has 0 unspecified atom stereocenters. The number of hydrogen-bond acceptors (Lipinski definition) is 4. The highest BCUT2D eigenvalue weighted by Gasteiger charge is 2.36. The predicted molar refractivity (Wildman–Crippen MR) is 73.0 cm³/mol. The van der Waals surface area contributed by atoms with E-state index in [-0.39, 0.29) is 18.6 Å². The van der Waals surface area contributed by atoms with Crippen LogP contribution in [-0.4, -0.2) is 68.5 Å². The minimum Gasteiger partial charge on any atom is -0.395 e. The van der Waals surface area contributed by atoms with E-state index >= 15 is 0 Å². The van der Waals surface area contributed by atoms with Crippen molar-refractivity contribution in [1.82, 2.24) is 10.2 Å². The zero-order chi connectivity index (χ0) is 14.4. The van der Waals surface area contributed by atoms with E-state index < -0.39 is 6.43 Å². The molecule has 6 heteroatoms. The van der Waals surface area contributed by atoms with Crippen LogP contribution in [0.15, 0.2) is 0 Å². The minimum atomic E-state index is -2.35. The van der Waals surface area contributed by atoms with Crippen molar-refractivity contribution in [3.63, 3.8) is 0 Å². The SMILES string of the molecule is OCCN(CC(F)F)CC1(CNC2CC2)CCOCC1. The highest BCUT2D eigenvalue weighted by molar-refractivity contribution is 4.91. The summed E-state index contributed by atoms with van der Waals surface area (Å²) in [6, 6.07) is 0.621. The number of alkyl halides is 2. The predicted octanol–water partition coefficient (Wildman–Crippen LogP) is 1.09. The van der Waals surface area contributed by atoms with Gasteiger partial charge in [-0.2, -0.15) is 0 Å². The van der Waals surface area contributed by atoms with Gasteiger partial charge in [-0.3, -0.25) is 4.90 Å². The van der Waals surface area contributed by atoms with Crippen molar-refractivity contribution >= 4 is 0 Å². The Morgan fingerprint density at radius 1 is 1.30 bits per heavy atom. The molecule has 2 N–H and O–H groups in total. The number of nitrogens with zero attached hydrogens (tertiary/aromatic N) is 1. The molecule has 0 spiro atoms. The van der Waals surface area contributed by atoms with E-state index in [0.29, 0.717) is 32.3 Å². The van der Waals surface area contributed by atoms with Gasteiger partial charge in [0.05, 0.1) is 13.2 Å². The molecule has 0 aromatic carbocycles. The molecule has 4 nitrogen and oxygen atoms in total. The molecule has 1 saturated carbocycles. The van der Waals surface area contributed by atoms with Crippen LogP contribution in [0.3, 0.4) is 0 Å². The second kappa shape index (κ2) is 7.64. The summed E-state index contributed by atoms with van der Waals surface area (Å²) in [4.78, 5) is 1.70. The molecule has 0 radical (unpaired) electrons. The normalized spacial score (nSPS) is 22.6. The maximum Gasteiger partial charge on any atom is 0.251 e. The maximum atomic E-state index is 12.6. The van der Waals surface area contributed by atoms with Crippen molar-refractivity contribution in [2.45, 2.75) is 38.2 Å². The fourth-order valence-electron chi connectivity index (χ4n) is 2.89. The molecule has 1 aliphatic heterocycles. The number of halogens is 2. The average molecular weight is 292 g/mol. The second-order valence-electron chi connectivity index (χ2n) is 6.12. The van der Waals surface area contributed by atoms with Crippen LogP contribution >= 0.6 is 0 Å². The van der Waals surface area contributed by atoms with Crippen LogP contribution in [0.25, 0.3) is 0 Å². The number of aliphatic hydroxyl groups is 1. The van der Waals surface area contributed by atoms with E-state index in [0.717, 1.165) is 19.4 Å². The lowest BCUT2D eigenvalue weighted by Gasteiger charge is -2.41. The van der Waals surface area contributed by atoms with Gasteiger partial charge in [0.1, 0.15) is 0 Å². The summed E-state index contributed by atoms with van der Waals surface area (Å²) in [7, 11) is 0.